The molecule has 0 aliphatic carbocycles. The fourth-order valence-electron chi connectivity index (χ4n) is 3.83. The van der Waals surface area contributed by atoms with Gasteiger partial charge < -0.3 is 9.47 Å². The van der Waals surface area contributed by atoms with Crippen molar-refractivity contribution in [3.8, 4) is 0 Å². The predicted molar refractivity (Wildman–Crippen MR) is 91.3 cm³/mol. The molecule has 2 aromatic rings. The summed E-state index contributed by atoms with van der Waals surface area (Å²) in [6, 6.07) is 21.3. The molecular weight excluding hydrogens is 284 g/mol. The second-order valence-corrected chi connectivity index (χ2v) is 7.13. The first-order valence-corrected chi connectivity index (χ1v) is 8.19. The summed E-state index contributed by atoms with van der Waals surface area (Å²) in [5.74, 6) is -0.616. The standard InChI is InChI=1S/C21H22O2/c1-19(2)13-14-21(23-19)15-20(16-22-21,17-9-5-3-6-10-17)18-11-7-4-8-12-18/h3-14H,15-16H2,1-2H3/t21-/m0/s1. The zero-order chi connectivity index (χ0) is 16.0. The smallest absolute Gasteiger partial charge is 0.190 e. The lowest BCUT2D eigenvalue weighted by molar-refractivity contribution is -0.202. The first-order chi connectivity index (χ1) is 11.0. The Kier molecular flexibility index (Phi) is 3.22. The maximum Gasteiger partial charge on any atom is 0.190 e. The molecule has 0 saturated carbocycles. The molecule has 1 saturated heterocycles. The Morgan fingerprint density at radius 1 is 0.783 bits per heavy atom. The van der Waals surface area contributed by atoms with Crippen molar-refractivity contribution >= 4 is 0 Å². The van der Waals surface area contributed by atoms with E-state index in [4.69, 9.17) is 9.47 Å². The molecule has 118 valence electrons. The molecule has 2 aromatic carbocycles. The Hall–Kier alpha value is -1.90. The molecule has 0 N–H and O–H groups in total. The zero-order valence-corrected chi connectivity index (χ0v) is 13.7. The maximum absolute atomic E-state index is 6.26. The molecule has 2 nitrogen and oxygen atoms in total. The van der Waals surface area contributed by atoms with Gasteiger partial charge in [-0.15, -0.1) is 0 Å². The maximum atomic E-state index is 6.26. The third-order valence-corrected chi connectivity index (χ3v) is 4.94. The minimum atomic E-state index is -0.616. The number of benzene rings is 2. The fourth-order valence-corrected chi connectivity index (χ4v) is 3.83. The number of hydrogen-bond acceptors (Lipinski definition) is 2. The highest BCUT2D eigenvalue weighted by Gasteiger charge is 2.54. The average molecular weight is 306 g/mol. The molecule has 0 unspecified atom stereocenters. The van der Waals surface area contributed by atoms with E-state index in [1.54, 1.807) is 0 Å². The normalized spacial score (nSPS) is 27.6. The molecule has 1 spiro atoms. The molecule has 2 aliphatic heterocycles. The Morgan fingerprint density at radius 3 is 1.83 bits per heavy atom. The van der Waals surface area contributed by atoms with Crippen molar-refractivity contribution < 1.29 is 9.47 Å². The van der Waals surface area contributed by atoms with Crippen LogP contribution in [0.25, 0.3) is 0 Å². The van der Waals surface area contributed by atoms with Crippen LogP contribution < -0.4 is 0 Å². The summed E-state index contributed by atoms with van der Waals surface area (Å²) in [5, 5.41) is 0. The van der Waals surface area contributed by atoms with E-state index in [1.807, 2.05) is 0 Å². The van der Waals surface area contributed by atoms with E-state index in [9.17, 15) is 0 Å². The molecule has 0 aromatic heterocycles. The van der Waals surface area contributed by atoms with Gasteiger partial charge in [0, 0.05) is 11.8 Å². The van der Waals surface area contributed by atoms with Crippen LogP contribution in [-0.2, 0) is 14.9 Å². The van der Waals surface area contributed by atoms with E-state index >= 15 is 0 Å². The highest BCUT2D eigenvalue weighted by molar-refractivity contribution is 5.42. The molecule has 0 amide bonds. The van der Waals surface area contributed by atoms with Gasteiger partial charge in [0.25, 0.3) is 0 Å². The van der Waals surface area contributed by atoms with Gasteiger partial charge >= 0.3 is 0 Å². The molecule has 1 atom stereocenters. The summed E-state index contributed by atoms with van der Waals surface area (Å²) in [4.78, 5) is 0. The topological polar surface area (TPSA) is 18.5 Å². The highest BCUT2D eigenvalue weighted by atomic mass is 16.7. The van der Waals surface area contributed by atoms with E-state index in [1.165, 1.54) is 11.1 Å². The van der Waals surface area contributed by atoms with Crippen LogP contribution in [-0.4, -0.2) is 18.0 Å². The predicted octanol–water partition coefficient (Wildman–Crippen LogP) is 4.45. The molecule has 0 bridgehead atoms. The van der Waals surface area contributed by atoms with Gasteiger partial charge in [0.1, 0.15) is 0 Å². The Labute approximate surface area is 137 Å². The van der Waals surface area contributed by atoms with Gasteiger partial charge in [-0.1, -0.05) is 66.7 Å². The van der Waals surface area contributed by atoms with Crippen molar-refractivity contribution in [2.45, 2.75) is 37.1 Å². The van der Waals surface area contributed by atoms with Crippen molar-refractivity contribution in [1.82, 2.24) is 0 Å². The SMILES string of the molecule is CC1(C)C=C[C@@]2(CC(c3ccccc3)(c3ccccc3)CO2)O1. The summed E-state index contributed by atoms with van der Waals surface area (Å²) < 4.78 is 12.5. The van der Waals surface area contributed by atoms with Crippen molar-refractivity contribution in [3.05, 3.63) is 83.9 Å². The van der Waals surface area contributed by atoms with Gasteiger partial charge in [-0.05, 0) is 31.1 Å². The number of rotatable bonds is 2. The van der Waals surface area contributed by atoms with E-state index in [2.05, 4.69) is 86.7 Å². The first-order valence-electron chi connectivity index (χ1n) is 8.19. The summed E-state index contributed by atoms with van der Waals surface area (Å²) in [5.41, 5.74) is 2.12. The van der Waals surface area contributed by atoms with Crippen LogP contribution in [0.15, 0.2) is 72.8 Å². The molecular formula is C21H22O2. The van der Waals surface area contributed by atoms with E-state index in [0.29, 0.717) is 6.61 Å². The van der Waals surface area contributed by atoms with Crippen LogP contribution in [0.4, 0.5) is 0 Å². The highest BCUT2D eigenvalue weighted by Crippen LogP contribution is 2.50. The third-order valence-electron chi connectivity index (χ3n) is 4.94. The van der Waals surface area contributed by atoms with Crippen molar-refractivity contribution in [1.29, 1.82) is 0 Å². The van der Waals surface area contributed by atoms with E-state index in [-0.39, 0.29) is 11.0 Å². The molecule has 2 heteroatoms. The second kappa shape index (κ2) is 5.05. The van der Waals surface area contributed by atoms with Crippen LogP contribution in [0.5, 0.6) is 0 Å². The quantitative estimate of drug-likeness (QED) is 0.763. The summed E-state index contributed by atoms with van der Waals surface area (Å²) >= 11 is 0. The van der Waals surface area contributed by atoms with Crippen molar-refractivity contribution in [2.24, 2.45) is 0 Å². The summed E-state index contributed by atoms with van der Waals surface area (Å²) in [6.07, 6.45) is 5.01. The van der Waals surface area contributed by atoms with Gasteiger partial charge in [-0.2, -0.15) is 0 Å². The first kappa shape index (κ1) is 14.7. The molecule has 23 heavy (non-hydrogen) atoms. The van der Waals surface area contributed by atoms with Crippen LogP contribution in [0.3, 0.4) is 0 Å². The minimum Gasteiger partial charge on any atom is -0.345 e. The lowest BCUT2D eigenvalue weighted by Crippen LogP contribution is -2.35. The van der Waals surface area contributed by atoms with Crippen molar-refractivity contribution in [2.75, 3.05) is 6.61 Å². The average Bonchev–Trinajstić information content (AvgIpc) is 3.10. The monoisotopic (exact) mass is 306 g/mol. The summed E-state index contributed by atoms with van der Waals surface area (Å²) in [7, 11) is 0. The van der Waals surface area contributed by atoms with Crippen molar-refractivity contribution in [3.63, 3.8) is 0 Å². The van der Waals surface area contributed by atoms with Crippen LogP contribution in [0.1, 0.15) is 31.4 Å². The zero-order valence-electron chi connectivity index (χ0n) is 13.7. The van der Waals surface area contributed by atoms with Gasteiger partial charge in [-0.25, -0.2) is 0 Å². The molecule has 4 rings (SSSR count). The lowest BCUT2D eigenvalue weighted by Gasteiger charge is -2.31. The van der Waals surface area contributed by atoms with Gasteiger partial charge in [0.2, 0.25) is 0 Å². The van der Waals surface area contributed by atoms with E-state index in [0.717, 1.165) is 6.42 Å². The molecule has 0 radical (unpaired) electrons. The minimum absolute atomic E-state index is 0.173. The molecule has 2 heterocycles. The van der Waals surface area contributed by atoms with Gasteiger partial charge in [0.15, 0.2) is 5.79 Å². The molecule has 1 fully saturated rings. The van der Waals surface area contributed by atoms with Crippen LogP contribution in [0, 0.1) is 0 Å². The Bertz CT molecular complexity index is 679. The van der Waals surface area contributed by atoms with Gasteiger partial charge in [0.05, 0.1) is 12.2 Å². The third kappa shape index (κ3) is 2.43. The fraction of sp³-hybridized carbons (Fsp3) is 0.333. The van der Waals surface area contributed by atoms with E-state index < -0.39 is 5.79 Å². The lowest BCUT2D eigenvalue weighted by atomic mass is 9.72. The molecule has 2 aliphatic rings. The van der Waals surface area contributed by atoms with Gasteiger partial charge in [-0.3, -0.25) is 0 Å². The van der Waals surface area contributed by atoms with Crippen LogP contribution >= 0.6 is 0 Å². The Morgan fingerprint density at radius 2 is 1.35 bits per heavy atom. The largest absolute Gasteiger partial charge is 0.345 e. The second-order valence-electron chi connectivity index (χ2n) is 7.13. The number of hydrogen-bond donors (Lipinski definition) is 0. The Balaban J connectivity index is 1.79. The summed E-state index contributed by atoms with van der Waals surface area (Å²) in [6.45, 7) is 4.78. The van der Waals surface area contributed by atoms with Crippen LogP contribution in [0.2, 0.25) is 0 Å². The number of ether oxygens (including phenoxy) is 2.